The van der Waals surface area contributed by atoms with E-state index in [-0.39, 0.29) is 17.3 Å². The SMILES string of the molecule is O=C1S/C(=C/c2ccccc2)C(=O)N1CNc1cccc(C(F)(F)F)c1. The minimum Gasteiger partial charge on any atom is -0.367 e. The van der Waals surface area contributed by atoms with Gasteiger partial charge in [-0.2, -0.15) is 13.2 Å². The number of halogens is 3. The molecule has 1 aliphatic rings. The third-order valence-corrected chi connectivity index (χ3v) is 4.51. The van der Waals surface area contributed by atoms with Gasteiger partial charge in [0.1, 0.15) is 0 Å². The van der Waals surface area contributed by atoms with Crippen molar-refractivity contribution in [3.8, 4) is 0 Å². The predicted octanol–water partition coefficient (Wildman–Crippen LogP) is 4.81. The van der Waals surface area contributed by atoms with Gasteiger partial charge in [-0.05, 0) is 41.6 Å². The summed E-state index contributed by atoms with van der Waals surface area (Å²) in [6, 6.07) is 13.6. The Balaban J connectivity index is 1.70. The monoisotopic (exact) mass is 378 g/mol. The molecule has 4 nitrogen and oxygen atoms in total. The topological polar surface area (TPSA) is 49.4 Å². The summed E-state index contributed by atoms with van der Waals surface area (Å²) in [6.07, 6.45) is -2.85. The van der Waals surface area contributed by atoms with Crippen LogP contribution in [0.25, 0.3) is 6.08 Å². The molecular weight excluding hydrogens is 365 g/mol. The molecule has 1 N–H and O–H groups in total. The Labute approximate surface area is 151 Å². The highest BCUT2D eigenvalue weighted by Crippen LogP contribution is 2.33. The molecule has 0 aliphatic carbocycles. The second-order valence-electron chi connectivity index (χ2n) is 5.43. The number of alkyl halides is 3. The molecule has 0 unspecified atom stereocenters. The fourth-order valence-electron chi connectivity index (χ4n) is 2.31. The molecule has 0 aromatic heterocycles. The lowest BCUT2D eigenvalue weighted by Crippen LogP contribution is -2.33. The second kappa shape index (κ2) is 7.25. The number of carbonyl (C=O) groups is 2. The molecule has 0 saturated carbocycles. The van der Waals surface area contributed by atoms with Gasteiger partial charge in [-0.1, -0.05) is 36.4 Å². The highest BCUT2D eigenvalue weighted by Gasteiger charge is 2.35. The summed E-state index contributed by atoms with van der Waals surface area (Å²) in [5.41, 5.74) is 0.148. The molecule has 3 rings (SSSR count). The van der Waals surface area contributed by atoms with E-state index in [0.717, 1.165) is 34.4 Å². The van der Waals surface area contributed by atoms with Crippen LogP contribution in [0.3, 0.4) is 0 Å². The maximum atomic E-state index is 12.7. The van der Waals surface area contributed by atoms with E-state index in [9.17, 15) is 22.8 Å². The number of nitrogens with zero attached hydrogens (tertiary/aromatic N) is 1. The zero-order chi connectivity index (χ0) is 18.7. The summed E-state index contributed by atoms with van der Waals surface area (Å²) in [6.45, 7) is -0.210. The first-order chi connectivity index (χ1) is 12.3. The Morgan fingerprint density at radius 3 is 2.46 bits per heavy atom. The van der Waals surface area contributed by atoms with E-state index in [1.54, 1.807) is 18.2 Å². The van der Waals surface area contributed by atoms with Gasteiger partial charge in [0, 0.05) is 5.69 Å². The summed E-state index contributed by atoms with van der Waals surface area (Å²) in [7, 11) is 0. The normalized spacial score (nSPS) is 16.4. The first-order valence-corrected chi connectivity index (χ1v) is 8.38. The van der Waals surface area contributed by atoms with Crippen molar-refractivity contribution in [1.29, 1.82) is 0 Å². The maximum Gasteiger partial charge on any atom is 0.416 e. The Kier molecular flexibility index (Phi) is 5.03. The van der Waals surface area contributed by atoms with Crippen molar-refractivity contribution in [1.82, 2.24) is 4.90 Å². The molecule has 8 heteroatoms. The van der Waals surface area contributed by atoms with E-state index in [4.69, 9.17) is 0 Å². The van der Waals surface area contributed by atoms with Gasteiger partial charge >= 0.3 is 6.18 Å². The molecule has 134 valence electrons. The Bertz CT molecular complexity index is 866. The molecule has 1 heterocycles. The van der Waals surface area contributed by atoms with Crippen molar-refractivity contribution < 1.29 is 22.8 Å². The number of rotatable bonds is 4. The van der Waals surface area contributed by atoms with E-state index in [1.807, 2.05) is 18.2 Å². The number of amides is 2. The number of benzene rings is 2. The summed E-state index contributed by atoms with van der Waals surface area (Å²) < 4.78 is 38.2. The standard InChI is InChI=1S/C18H13F3N2O2S/c19-18(20,21)13-7-4-8-14(10-13)22-11-23-16(24)15(26-17(23)25)9-12-5-2-1-3-6-12/h1-10,22H,11H2/b15-9+. The summed E-state index contributed by atoms with van der Waals surface area (Å²) in [4.78, 5) is 25.6. The van der Waals surface area contributed by atoms with Crippen LogP contribution in [-0.4, -0.2) is 22.7 Å². The van der Waals surface area contributed by atoms with Crippen molar-refractivity contribution in [2.75, 3.05) is 12.0 Å². The minimum atomic E-state index is -4.46. The van der Waals surface area contributed by atoms with Gasteiger partial charge in [-0.3, -0.25) is 14.5 Å². The van der Waals surface area contributed by atoms with Crippen LogP contribution in [-0.2, 0) is 11.0 Å². The molecule has 1 aliphatic heterocycles. The highest BCUT2D eigenvalue weighted by molar-refractivity contribution is 8.18. The molecule has 2 amide bonds. The lowest BCUT2D eigenvalue weighted by atomic mass is 10.2. The number of hydrogen-bond donors (Lipinski definition) is 1. The lowest BCUT2D eigenvalue weighted by molar-refractivity contribution is -0.137. The van der Waals surface area contributed by atoms with Crippen LogP contribution in [0, 0.1) is 0 Å². The molecular formula is C18H13F3N2O2S. The molecule has 1 saturated heterocycles. The van der Waals surface area contributed by atoms with E-state index < -0.39 is 22.9 Å². The van der Waals surface area contributed by atoms with Crippen molar-refractivity contribution in [3.63, 3.8) is 0 Å². The molecule has 0 spiro atoms. The molecule has 2 aromatic carbocycles. The summed E-state index contributed by atoms with van der Waals surface area (Å²) >= 11 is 0.798. The van der Waals surface area contributed by atoms with Gasteiger partial charge in [-0.25, -0.2) is 0 Å². The average molecular weight is 378 g/mol. The fraction of sp³-hybridized carbons (Fsp3) is 0.111. The van der Waals surface area contributed by atoms with Crippen LogP contribution in [0.4, 0.5) is 23.7 Å². The number of nitrogens with one attached hydrogen (secondary N) is 1. The lowest BCUT2D eigenvalue weighted by Gasteiger charge is -2.15. The first kappa shape index (κ1) is 18.1. The summed E-state index contributed by atoms with van der Waals surface area (Å²) in [5, 5.41) is 2.21. The molecule has 0 atom stereocenters. The largest absolute Gasteiger partial charge is 0.416 e. The fourth-order valence-corrected chi connectivity index (χ4v) is 3.15. The molecule has 0 bridgehead atoms. The third kappa shape index (κ3) is 4.08. The zero-order valence-electron chi connectivity index (χ0n) is 13.3. The van der Waals surface area contributed by atoms with Crippen molar-refractivity contribution in [3.05, 3.63) is 70.6 Å². The average Bonchev–Trinajstić information content (AvgIpc) is 2.87. The third-order valence-electron chi connectivity index (χ3n) is 3.60. The van der Waals surface area contributed by atoms with E-state index in [2.05, 4.69) is 5.32 Å². The van der Waals surface area contributed by atoms with Gasteiger partial charge < -0.3 is 5.32 Å². The smallest absolute Gasteiger partial charge is 0.367 e. The highest BCUT2D eigenvalue weighted by atomic mass is 32.2. The zero-order valence-corrected chi connectivity index (χ0v) is 14.1. The number of thioether (sulfide) groups is 1. The van der Waals surface area contributed by atoms with Crippen LogP contribution in [0.2, 0.25) is 0 Å². The van der Waals surface area contributed by atoms with Crippen molar-refractivity contribution in [2.45, 2.75) is 6.18 Å². The van der Waals surface area contributed by atoms with Crippen LogP contribution >= 0.6 is 11.8 Å². The van der Waals surface area contributed by atoms with Crippen molar-refractivity contribution >= 4 is 34.7 Å². The minimum absolute atomic E-state index is 0.172. The second-order valence-corrected chi connectivity index (χ2v) is 6.43. The van der Waals surface area contributed by atoms with Gasteiger partial charge in [-0.15, -0.1) is 0 Å². The van der Waals surface area contributed by atoms with Gasteiger partial charge in [0.25, 0.3) is 11.1 Å². The van der Waals surface area contributed by atoms with E-state index in [1.165, 1.54) is 12.1 Å². The van der Waals surface area contributed by atoms with Crippen LogP contribution in [0.5, 0.6) is 0 Å². The Morgan fingerprint density at radius 1 is 1.04 bits per heavy atom. The van der Waals surface area contributed by atoms with Gasteiger partial charge in [0.15, 0.2) is 0 Å². The Morgan fingerprint density at radius 2 is 1.77 bits per heavy atom. The molecule has 1 fully saturated rings. The molecule has 2 aromatic rings. The van der Waals surface area contributed by atoms with Crippen LogP contribution in [0.1, 0.15) is 11.1 Å². The summed E-state index contributed by atoms with van der Waals surface area (Å²) in [5.74, 6) is -0.483. The van der Waals surface area contributed by atoms with Crippen LogP contribution in [0.15, 0.2) is 59.5 Å². The van der Waals surface area contributed by atoms with Gasteiger partial charge in [0.2, 0.25) is 0 Å². The van der Waals surface area contributed by atoms with E-state index >= 15 is 0 Å². The number of hydrogen-bond acceptors (Lipinski definition) is 4. The Hall–Kier alpha value is -2.74. The van der Waals surface area contributed by atoms with E-state index in [0.29, 0.717) is 0 Å². The predicted molar refractivity (Wildman–Crippen MR) is 94.2 cm³/mol. The molecule has 26 heavy (non-hydrogen) atoms. The van der Waals surface area contributed by atoms with Crippen molar-refractivity contribution in [2.24, 2.45) is 0 Å². The number of anilines is 1. The van der Waals surface area contributed by atoms with Crippen LogP contribution < -0.4 is 5.32 Å². The first-order valence-electron chi connectivity index (χ1n) is 7.56. The quantitative estimate of drug-likeness (QED) is 0.776. The van der Waals surface area contributed by atoms with Gasteiger partial charge in [0.05, 0.1) is 17.1 Å². The number of carbonyl (C=O) groups excluding carboxylic acids is 2. The number of imide groups is 1. The maximum absolute atomic E-state index is 12.7. The molecule has 0 radical (unpaired) electrons.